The maximum atomic E-state index is 11.5. The van der Waals surface area contributed by atoms with Crippen molar-refractivity contribution in [2.45, 2.75) is 59.0 Å². The summed E-state index contributed by atoms with van der Waals surface area (Å²) in [6.45, 7) is 10.2. The summed E-state index contributed by atoms with van der Waals surface area (Å²) in [6, 6.07) is 0.484. The van der Waals surface area contributed by atoms with E-state index in [4.69, 9.17) is 0 Å². The molecule has 0 spiro atoms. The van der Waals surface area contributed by atoms with Gasteiger partial charge in [-0.05, 0) is 54.1 Å². The molecule has 0 fully saturated rings. The third kappa shape index (κ3) is 12.2. The molecule has 3 amide bonds. The molecule has 0 aromatic rings. The van der Waals surface area contributed by atoms with Crippen molar-refractivity contribution in [3.63, 3.8) is 0 Å². The van der Waals surface area contributed by atoms with Gasteiger partial charge in [0.2, 0.25) is 5.91 Å². The maximum absolute atomic E-state index is 11.5. The second-order valence-electron chi connectivity index (χ2n) is 5.94. The van der Waals surface area contributed by atoms with Crippen molar-refractivity contribution in [2.24, 2.45) is 0 Å². The zero-order chi connectivity index (χ0) is 16.3. The van der Waals surface area contributed by atoms with Crippen molar-refractivity contribution in [1.29, 1.82) is 0 Å². The zero-order valence-corrected chi connectivity index (χ0v) is 14.2. The molecular weight excluding hydrogens is 268 g/mol. The molecule has 0 radical (unpaired) electrons. The molecule has 0 saturated carbocycles. The van der Waals surface area contributed by atoms with Gasteiger partial charge in [-0.25, -0.2) is 4.79 Å². The van der Waals surface area contributed by atoms with Gasteiger partial charge in [-0.3, -0.25) is 4.79 Å². The Labute approximate surface area is 129 Å². The van der Waals surface area contributed by atoms with Crippen LogP contribution in [0.1, 0.15) is 47.0 Å². The van der Waals surface area contributed by atoms with Crippen molar-refractivity contribution in [2.75, 3.05) is 26.7 Å². The van der Waals surface area contributed by atoms with Crippen molar-refractivity contribution in [3.05, 3.63) is 0 Å². The Bertz CT molecular complexity index is 306. The molecule has 3 N–H and O–H groups in total. The van der Waals surface area contributed by atoms with Crippen LogP contribution in [0.15, 0.2) is 0 Å². The summed E-state index contributed by atoms with van der Waals surface area (Å²) in [5.74, 6) is -0.0398. The standard InChI is InChI=1S/C15H32N4O2/c1-12(2)18-14(20)8-10-17-15(21)16-9-6-7-11-19(5)13(3)4/h12-13H,6-11H2,1-5H3,(H,18,20)(H2,16,17,21). The highest BCUT2D eigenvalue weighted by atomic mass is 16.2. The predicted octanol–water partition coefficient (Wildman–Crippen LogP) is 1.32. The molecule has 0 atom stereocenters. The Balaban J connectivity index is 3.49. The van der Waals surface area contributed by atoms with E-state index in [9.17, 15) is 9.59 Å². The summed E-state index contributed by atoms with van der Waals surface area (Å²) in [5.41, 5.74) is 0. The van der Waals surface area contributed by atoms with Gasteiger partial charge in [0.05, 0.1) is 0 Å². The Morgan fingerprint density at radius 2 is 1.62 bits per heavy atom. The number of unbranched alkanes of at least 4 members (excludes halogenated alkanes) is 1. The van der Waals surface area contributed by atoms with Crippen LogP contribution in [-0.2, 0) is 4.79 Å². The van der Waals surface area contributed by atoms with Crippen LogP contribution in [0.5, 0.6) is 0 Å². The Hall–Kier alpha value is -1.30. The average Bonchev–Trinajstić information content (AvgIpc) is 2.36. The predicted molar refractivity (Wildman–Crippen MR) is 86.3 cm³/mol. The number of rotatable bonds is 10. The minimum atomic E-state index is -0.204. The first kappa shape index (κ1) is 19.7. The van der Waals surface area contributed by atoms with Gasteiger partial charge in [-0.15, -0.1) is 0 Å². The number of urea groups is 1. The first-order valence-corrected chi connectivity index (χ1v) is 7.84. The highest BCUT2D eigenvalue weighted by molar-refractivity contribution is 5.78. The number of amides is 3. The first-order valence-electron chi connectivity index (χ1n) is 7.84. The summed E-state index contributed by atoms with van der Waals surface area (Å²) in [6.07, 6.45) is 2.33. The van der Waals surface area contributed by atoms with Gasteiger partial charge in [0, 0.05) is 31.6 Å². The number of nitrogens with one attached hydrogen (secondary N) is 3. The van der Waals surface area contributed by atoms with Gasteiger partial charge < -0.3 is 20.9 Å². The summed E-state index contributed by atoms with van der Waals surface area (Å²) in [4.78, 5) is 25.1. The molecule has 0 bridgehead atoms. The minimum Gasteiger partial charge on any atom is -0.354 e. The van der Waals surface area contributed by atoms with Crippen molar-refractivity contribution in [1.82, 2.24) is 20.9 Å². The molecule has 0 aliphatic heterocycles. The number of carbonyl (C=O) groups excluding carboxylic acids is 2. The minimum absolute atomic E-state index is 0.0398. The lowest BCUT2D eigenvalue weighted by Gasteiger charge is -2.20. The molecule has 0 rings (SSSR count). The number of hydrogen-bond acceptors (Lipinski definition) is 3. The molecule has 0 aromatic heterocycles. The van der Waals surface area contributed by atoms with E-state index < -0.39 is 0 Å². The van der Waals surface area contributed by atoms with Crippen molar-refractivity contribution >= 4 is 11.9 Å². The normalized spacial score (nSPS) is 11.0. The summed E-state index contributed by atoms with van der Waals surface area (Å²) in [7, 11) is 2.10. The number of nitrogens with zero attached hydrogens (tertiary/aromatic N) is 1. The van der Waals surface area contributed by atoms with Crippen LogP contribution in [0.25, 0.3) is 0 Å². The summed E-state index contributed by atoms with van der Waals surface area (Å²) in [5, 5.41) is 8.26. The van der Waals surface area contributed by atoms with Gasteiger partial charge in [-0.2, -0.15) is 0 Å². The van der Waals surface area contributed by atoms with E-state index in [0.29, 0.717) is 25.6 Å². The van der Waals surface area contributed by atoms with E-state index in [0.717, 1.165) is 19.4 Å². The van der Waals surface area contributed by atoms with Crippen LogP contribution in [0.2, 0.25) is 0 Å². The highest BCUT2D eigenvalue weighted by Crippen LogP contribution is 1.97. The quantitative estimate of drug-likeness (QED) is 0.533. The average molecular weight is 300 g/mol. The van der Waals surface area contributed by atoms with Crippen LogP contribution in [0.4, 0.5) is 4.79 Å². The van der Waals surface area contributed by atoms with E-state index in [-0.39, 0.29) is 18.0 Å². The van der Waals surface area contributed by atoms with Gasteiger partial charge >= 0.3 is 6.03 Å². The molecule has 0 aromatic carbocycles. The lowest BCUT2D eigenvalue weighted by molar-refractivity contribution is -0.121. The van der Waals surface area contributed by atoms with Gasteiger partial charge in [0.15, 0.2) is 0 Å². The van der Waals surface area contributed by atoms with Crippen LogP contribution < -0.4 is 16.0 Å². The fraction of sp³-hybridized carbons (Fsp3) is 0.867. The number of hydrogen-bond donors (Lipinski definition) is 3. The van der Waals surface area contributed by atoms with Crippen molar-refractivity contribution in [3.8, 4) is 0 Å². The molecule has 0 saturated heterocycles. The lowest BCUT2D eigenvalue weighted by atomic mass is 10.2. The van der Waals surface area contributed by atoms with Crippen LogP contribution in [0.3, 0.4) is 0 Å². The fourth-order valence-electron chi connectivity index (χ4n) is 1.69. The van der Waals surface area contributed by atoms with Crippen LogP contribution >= 0.6 is 0 Å². The highest BCUT2D eigenvalue weighted by Gasteiger charge is 2.05. The van der Waals surface area contributed by atoms with E-state index in [1.54, 1.807) is 0 Å². The third-order valence-electron chi connectivity index (χ3n) is 3.19. The lowest BCUT2D eigenvalue weighted by Crippen LogP contribution is -2.39. The SMILES string of the molecule is CC(C)NC(=O)CCNC(=O)NCCCCN(C)C(C)C. The molecule has 124 valence electrons. The molecule has 0 unspecified atom stereocenters. The third-order valence-corrected chi connectivity index (χ3v) is 3.19. The Morgan fingerprint density at radius 1 is 1.00 bits per heavy atom. The zero-order valence-electron chi connectivity index (χ0n) is 14.2. The molecule has 21 heavy (non-hydrogen) atoms. The van der Waals surface area contributed by atoms with E-state index >= 15 is 0 Å². The molecule has 6 nitrogen and oxygen atoms in total. The molecule has 0 heterocycles. The Morgan fingerprint density at radius 3 is 2.19 bits per heavy atom. The van der Waals surface area contributed by atoms with E-state index in [1.165, 1.54) is 0 Å². The van der Waals surface area contributed by atoms with Gasteiger partial charge in [0.1, 0.15) is 0 Å². The Kier molecular flexibility index (Phi) is 10.7. The number of carbonyl (C=O) groups is 2. The van der Waals surface area contributed by atoms with Gasteiger partial charge in [-0.1, -0.05) is 0 Å². The second kappa shape index (κ2) is 11.4. The van der Waals surface area contributed by atoms with E-state index in [2.05, 4.69) is 41.7 Å². The van der Waals surface area contributed by atoms with Crippen molar-refractivity contribution < 1.29 is 9.59 Å². The first-order chi connectivity index (χ1) is 9.82. The summed E-state index contributed by atoms with van der Waals surface area (Å²) < 4.78 is 0. The summed E-state index contributed by atoms with van der Waals surface area (Å²) >= 11 is 0. The molecule has 0 aliphatic carbocycles. The maximum Gasteiger partial charge on any atom is 0.314 e. The monoisotopic (exact) mass is 300 g/mol. The topological polar surface area (TPSA) is 73.5 Å². The fourth-order valence-corrected chi connectivity index (χ4v) is 1.69. The largest absolute Gasteiger partial charge is 0.354 e. The molecule has 0 aliphatic rings. The van der Waals surface area contributed by atoms with Crippen LogP contribution in [-0.4, -0.2) is 55.6 Å². The van der Waals surface area contributed by atoms with Gasteiger partial charge in [0.25, 0.3) is 0 Å². The second-order valence-corrected chi connectivity index (χ2v) is 5.94. The van der Waals surface area contributed by atoms with E-state index in [1.807, 2.05) is 13.8 Å². The smallest absolute Gasteiger partial charge is 0.314 e. The van der Waals surface area contributed by atoms with Crippen LogP contribution in [0, 0.1) is 0 Å². The molecular formula is C15H32N4O2. The molecule has 6 heteroatoms.